The zero-order valence-electron chi connectivity index (χ0n) is 17.2. The maximum Gasteiger partial charge on any atom is 0.389 e. The van der Waals surface area contributed by atoms with Gasteiger partial charge in [-0.2, -0.15) is 18.3 Å². The predicted octanol–water partition coefficient (Wildman–Crippen LogP) is 5.28. The number of aromatic nitrogens is 4. The van der Waals surface area contributed by atoms with Crippen molar-refractivity contribution in [3.05, 3.63) is 42.4 Å². The maximum absolute atomic E-state index is 12.1. The number of carbonyl (C=O) groups excluding carboxylic acids is 1. The number of hydrogen-bond donors (Lipinski definition) is 1. The number of unbranched alkanes of at least 4 members (excludes halogenated alkanes) is 6. The van der Waals surface area contributed by atoms with E-state index in [1.165, 1.54) is 6.20 Å². The van der Waals surface area contributed by atoms with Gasteiger partial charge in [0, 0.05) is 30.1 Å². The van der Waals surface area contributed by atoms with E-state index in [0.29, 0.717) is 23.4 Å². The van der Waals surface area contributed by atoms with Gasteiger partial charge in [-0.3, -0.25) is 19.4 Å². The summed E-state index contributed by atoms with van der Waals surface area (Å²) in [7, 11) is 0. The molecule has 0 aromatic carbocycles. The molecule has 3 aromatic heterocycles. The van der Waals surface area contributed by atoms with E-state index in [0.717, 1.165) is 49.6 Å². The van der Waals surface area contributed by atoms with Crippen LogP contribution in [0.1, 0.15) is 61.7 Å². The number of aryl methyl sites for hydroxylation is 1. The molecule has 0 atom stereocenters. The minimum absolute atomic E-state index is 0.222. The summed E-state index contributed by atoms with van der Waals surface area (Å²) in [5.74, 6) is -0.515. The van der Waals surface area contributed by atoms with Gasteiger partial charge < -0.3 is 5.73 Å². The van der Waals surface area contributed by atoms with E-state index < -0.39 is 18.5 Å². The lowest BCUT2D eigenvalue weighted by Gasteiger charge is -2.06. The second kappa shape index (κ2) is 10.4. The van der Waals surface area contributed by atoms with Crippen LogP contribution in [0.2, 0.25) is 0 Å². The van der Waals surface area contributed by atoms with Gasteiger partial charge in [0.25, 0.3) is 0 Å². The van der Waals surface area contributed by atoms with Crippen LogP contribution in [0.3, 0.4) is 0 Å². The third-order valence-corrected chi connectivity index (χ3v) is 5.17. The molecule has 1 amide bonds. The Morgan fingerprint density at radius 1 is 0.935 bits per heavy atom. The molecule has 3 aromatic rings. The van der Waals surface area contributed by atoms with Gasteiger partial charge in [0.15, 0.2) is 0 Å². The van der Waals surface area contributed by atoms with E-state index >= 15 is 0 Å². The SMILES string of the molecule is NC(=O)c1ccnc(-c2cc3cnn(CCCCCCCCCC(F)(F)F)c3cn2)c1. The van der Waals surface area contributed by atoms with Crippen molar-refractivity contribution in [2.24, 2.45) is 5.73 Å². The van der Waals surface area contributed by atoms with Gasteiger partial charge in [0.05, 0.1) is 29.3 Å². The topological polar surface area (TPSA) is 86.7 Å². The number of hydrogen-bond acceptors (Lipinski definition) is 4. The average Bonchev–Trinajstić information content (AvgIpc) is 3.14. The monoisotopic (exact) mass is 433 g/mol. The van der Waals surface area contributed by atoms with E-state index in [-0.39, 0.29) is 6.42 Å². The standard InChI is InChI=1S/C22H26F3N5O/c23-22(24,25)9-6-4-2-1-3-5-7-11-30-20-15-28-19(13-17(20)14-29-30)18-12-16(21(26)31)8-10-27-18/h8,10,12-15H,1-7,9,11H2,(H2,26,31). The lowest BCUT2D eigenvalue weighted by Crippen LogP contribution is -2.11. The van der Waals surface area contributed by atoms with Gasteiger partial charge in [-0.05, 0) is 31.0 Å². The van der Waals surface area contributed by atoms with Crippen molar-refractivity contribution in [1.29, 1.82) is 0 Å². The lowest BCUT2D eigenvalue weighted by atomic mass is 10.1. The highest BCUT2D eigenvalue weighted by molar-refractivity contribution is 5.93. The van der Waals surface area contributed by atoms with Crippen LogP contribution in [0.15, 0.2) is 36.8 Å². The zero-order valence-corrected chi connectivity index (χ0v) is 17.2. The first-order valence-corrected chi connectivity index (χ1v) is 10.5. The molecule has 0 saturated carbocycles. The number of primary amides is 1. The second-order valence-electron chi connectivity index (χ2n) is 7.63. The molecule has 31 heavy (non-hydrogen) atoms. The number of rotatable bonds is 11. The van der Waals surface area contributed by atoms with Crippen molar-refractivity contribution in [3.63, 3.8) is 0 Å². The fourth-order valence-electron chi connectivity index (χ4n) is 3.49. The van der Waals surface area contributed by atoms with Gasteiger partial charge in [0.1, 0.15) is 0 Å². The average molecular weight is 433 g/mol. The minimum Gasteiger partial charge on any atom is -0.366 e. The fraction of sp³-hybridized carbons (Fsp3) is 0.455. The Hall–Kier alpha value is -2.97. The molecular weight excluding hydrogens is 407 g/mol. The third-order valence-electron chi connectivity index (χ3n) is 5.17. The van der Waals surface area contributed by atoms with Gasteiger partial charge in [0.2, 0.25) is 5.91 Å². The Bertz CT molecular complexity index is 1020. The van der Waals surface area contributed by atoms with E-state index in [2.05, 4.69) is 15.1 Å². The molecular formula is C22H26F3N5O. The van der Waals surface area contributed by atoms with Crippen molar-refractivity contribution in [3.8, 4) is 11.4 Å². The predicted molar refractivity (Wildman–Crippen MR) is 112 cm³/mol. The summed E-state index contributed by atoms with van der Waals surface area (Å²) in [4.78, 5) is 20.1. The van der Waals surface area contributed by atoms with Crippen molar-refractivity contribution in [2.75, 3.05) is 0 Å². The highest BCUT2D eigenvalue weighted by atomic mass is 19.4. The number of carbonyl (C=O) groups is 1. The Labute approximate surface area is 178 Å². The normalized spacial score (nSPS) is 11.8. The van der Waals surface area contributed by atoms with Crippen LogP contribution in [0.4, 0.5) is 13.2 Å². The Balaban J connectivity index is 1.46. The Morgan fingerprint density at radius 2 is 1.61 bits per heavy atom. The Kier molecular flexibility index (Phi) is 7.59. The van der Waals surface area contributed by atoms with Gasteiger partial charge in [-0.15, -0.1) is 0 Å². The molecule has 0 unspecified atom stereocenters. The molecule has 166 valence electrons. The number of amides is 1. The van der Waals surface area contributed by atoms with Crippen molar-refractivity contribution < 1.29 is 18.0 Å². The van der Waals surface area contributed by atoms with Crippen LogP contribution in [0.25, 0.3) is 22.3 Å². The summed E-state index contributed by atoms with van der Waals surface area (Å²) in [5, 5.41) is 5.36. The fourth-order valence-corrected chi connectivity index (χ4v) is 3.49. The first-order valence-electron chi connectivity index (χ1n) is 10.5. The van der Waals surface area contributed by atoms with Crippen molar-refractivity contribution >= 4 is 16.8 Å². The van der Waals surface area contributed by atoms with Crippen LogP contribution in [0.5, 0.6) is 0 Å². The largest absolute Gasteiger partial charge is 0.389 e. The summed E-state index contributed by atoms with van der Waals surface area (Å²) >= 11 is 0. The number of fused-ring (bicyclic) bond motifs is 1. The van der Waals surface area contributed by atoms with Gasteiger partial charge in [-0.1, -0.05) is 32.1 Å². The smallest absolute Gasteiger partial charge is 0.366 e. The molecule has 0 aliphatic rings. The van der Waals surface area contributed by atoms with Crippen molar-refractivity contribution in [1.82, 2.24) is 19.7 Å². The molecule has 6 nitrogen and oxygen atoms in total. The number of alkyl halides is 3. The van der Waals surface area contributed by atoms with E-state index in [1.807, 2.05) is 10.7 Å². The summed E-state index contributed by atoms with van der Waals surface area (Å²) < 4.78 is 38.2. The third kappa shape index (κ3) is 6.77. The van der Waals surface area contributed by atoms with Crippen LogP contribution in [-0.4, -0.2) is 31.8 Å². The molecule has 0 saturated heterocycles. The highest BCUT2D eigenvalue weighted by Gasteiger charge is 2.25. The summed E-state index contributed by atoms with van der Waals surface area (Å²) in [6.45, 7) is 0.758. The lowest BCUT2D eigenvalue weighted by molar-refractivity contribution is -0.135. The quantitative estimate of drug-likeness (QED) is 0.417. The van der Waals surface area contributed by atoms with Crippen LogP contribution < -0.4 is 5.73 Å². The molecule has 3 rings (SSSR count). The molecule has 0 bridgehead atoms. The van der Waals surface area contributed by atoms with Gasteiger partial charge >= 0.3 is 6.18 Å². The molecule has 0 aliphatic heterocycles. The first-order chi connectivity index (χ1) is 14.8. The molecule has 9 heteroatoms. The number of nitrogens with zero attached hydrogens (tertiary/aromatic N) is 4. The Morgan fingerprint density at radius 3 is 2.32 bits per heavy atom. The van der Waals surface area contributed by atoms with Crippen LogP contribution in [0, 0.1) is 0 Å². The van der Waals surface area contributed by atoms with Crippen LogP contribution >= 0.6 is 0 Å². The minimum atomic E-state index is -4.04. The summed E-state index contributed by atoms with van der Waals surface area (Å²) in [6.07, 6.45) is 5.97. The number of pyridine rings is 2. The van der Waals surface area contributed by atoms with Gasteiger partial charge in [-0.25, -0.2) is 0 Å². The second-order valence-corrected chi connectivity index (χ2v) is 7.63. The van der Waals surface area contributed by atoms with E-state index in [1.54, 1.807) is 24.5 Å². The number of nitrogens with two attached hydrogens (primary N) is 1. The molecule has 0 aliphatic carbocycles. The van der Waals surface area contributed by atoms with E-state index in [9.17, 15) is 18.0 Å². The van der Waals surface area contributed by atoms with Crippen molar-refractivity contribution in [2.45, 2.75) is 64.1 Å². The number of halogens is 3. The summed E-state index contributed by atoms with van der Waals surface area (Å²) in [6, 6.07) is 5.06. The molecule has 3 heterocycles. The molecule has 0 radical (unpaired) electrons. The van der Waals surface area contributed by atoms with Crippen LogP contribution in [-0.2, 0) is 6.54 Å². The summed E-state index contributed by atoms with van der Waals surface area (Å²) in [5.41, 5.74) is 7.83. The molecule has 0 spiro atoms. The molecule has 0 fully saturated rings. The zero-order chi connectivity index (χ0) is 22.3. The highest BCUT2D eigenvalue weighted by Crippen LogP contribution is 2.24. The maximum atomic E-state index is 12.1. The first kappa shape index (κ1) is 22.7. The molecule has 2 N–H and O–H groups in total. The van der Waals surface area contributed by atoms with E-state index in [4.69, 9.17) is 5.73 Å².